The molecule has 0 aliphatic carbocycles. The van der Waals surface area contributed by atoms with Crippen molar-refractivity contribution in [3.8, 4) is 11.5 Å². The van der Waals surface area contributed by atoms with Crippen LogP contribution in [-0.4, -0.2) is 49.0 Å². The second kappa shape index (κ2) is 9.75. The van der Waals surface area contributed by atoms with Gasteiger partial charge in [0.2, 0.25) is 5.91 Å². The van der Waals surface area contributed by atoms with E-state index in [1.807, 2.05) is 30.3 Å². The predicted octanol–water partition coefficient (Wildman–Crippen LogP) is 1.31. The zero-order valence-corrected chi connectivity index (χ0v) is 17.5. The molecule has 0 aliphatic heterocycles. The van der Waals surface area contributed by atoms with Crippen LogP contribution in [0.4, 0.5) is 0 Å². The van der Waals surface area contributed by atoms with Gasteiger partial charge in [-0.3, -0.25) is 9.59 Å². The first kappa shape index (κ1) is 21.8. The molecule has 0 spiro atoms. The largest absolute Gasteiger partial charge is 0.493 e. The summed E-state index contributed by atoms with van der Waals surface area (Å²) in [6, 6.07) is 11.7. The summed E-state index contributed by atoms with van der Waals surface area (Å²) in [5, 5.41) is 7.49. The van der Waals surface area contributed by atoms with Crippen molar-refractivity contribution in [3.05, 3.63) is 64.6 Å². The van der Waals surface area contributed by atoms with Crippen LogP contribution in [-0.2, 0) is 27.3 Å². The fourth-order valence-corrected chi connectivity index (χ4v) is 3.26. The molecule has 0 fully saturated rings. The topological polar surface area (TPSA) is 109 Å². The summed E-state index contributed by atoms with van der Waals surface area (Å²) in [6.07, 6.45) is 1.72. The summed E-state index contributed by atoms with van der Waals surface area (Å²) in [5.74, 6) is -0.481. The molecule has 0 bridgehead atoms. The minimum absolute atomic E-state index is 0.249. The van der Waals surface area contributed by atoms with Crippen LogP contribution in [0, 0.1) is 0 Å². The fourth-order valence-electron chi connectivity index (χ4n) is 3.26. The van der Waals surface area contributed by atoms with E-state index < -0.39 is 23.5 Å². The normalized spacial score (nSPS) is 11.6. The molecule has 162 valence electrons. The van der Waals surface area contributed by atoms with E-state index in [4.69, 9.17) is 14.2 Å². The Labute approximate surface area is 178 Å². The lowest BCUT2D eigenvalue weighted by molar-refractivity contribution is -0.145. The summed E-state index contributed by atoms with van der Waals surface area (Å²) >= 11 is 0. The number of carbonyl (C=O) groups excluding carboxylic acids is 2. The molecule has 3 rings (SSSR count). The van der Waals surface area contributed by atoms with Crippen LogP contribution in [0.1, 0.15) is 5.56 Å². The van der Waals surface area contributed by atoms with Gasteiger partial charge in [0.1, 0.15) is 12.6 Å². The highest BCUT2D eigenvalue weighted by molar-refractivity contribution is 5.90. The quantitative estimate of drug-likeness (QED) is 0.542. The minimum atomic E-state index is -0.898. The Hall–Kier alpha value is -3.88. The van der Waals surface area contributed by atoms with Crippen molar-refractivity contribution >= 4 is 22.6 Å². The predicted molar refractivity (Wildman–Crippen MR) is 113 cm³/mol. The van der Waals surface area contributed by atoms with Gasteiger partial charge in [0.25, 0.3) is 5.56 Å². The number of nitrogens with zero attached hydrogens (tertiary/aromatic N) is 2. The first-order valence-electron chi connectivity index (χ1n) is 9.50. The van der Waals surface area contributed by atoms with Gasteiger partial charge in [-0.15, -0.1) is 0 Å². The smallest absolute Gasteiger partial charge is 0.328 e. The molecule has 3 aromatic rings. The van der Waals surface area contributed by atoms with Gasteiger partial charge in [0, 0.05) is 11.8 Å². The number of rotatable bonds is 8. The first-order chi connectivity index (χ1) is 15.0. The number of benzene rings is 2. The van der Waals surface area contributed by atoms with E-state index in [1.165, 1.54) is 27.5 Å². The van der Waals surface area contributed by atoms with E-state index >= 15 is 0 Å². The molecule has 0 radical (unpaired) electrons. The van der Waals surface area contributed by atoms with Gasteiger partial charge >= 0.3 is 5.97 Å². The van der Waals surface area contributed by atoms with Gasteiger partial charge < -0.3 is 19.5 Å². The maximum atomic E-state index is 13.0. The molecule has 1 atom stereocenters. The van der Waals surface area contributed by atoms with E-state index in [9.17, 15) is 14.4 Å². The number of carbonyl (C=O) groups is 2. The van der Waals surface area contributed by atoms with E-state index in [0.717, 1.165) is 10.2 Å². The van der Waals surface area contributed by atoms with Gasteiger partial charge in [-0.05, 0) is 17.7 Å². The SMILES string of the molecule is COC(=O)C(Cc1ccccc1)NC(=O)Cn1ncc2ccc(OC)c(OC)c2c1=O. The summed E-state index contributed by atoms with van der Waals surface area (Å²) in [5.41, 5.74) is 0.345. The third kappa shape index (κ3) is 4.82. The fraction of sp³-hybridized carbons (Fsp3) is 0.273. The number of methoxy groups -OCH3 is 3. The molecule has 9 nitrogen and oxygen atoms in total. The van der Waals surface area contributed by atoms with Crippen LogP contribution in [0.15, 0.2) is 53.5 Å². The maximum Gasteiger partial charge on any atom is 0.328 e. The Morgan fingerprint density at radius 3 is 2.45 bits per heavy atom. The number of fused-ring (bicyclic) bond motifs is 1. The monoisotopic (exact) mass is 425 g/mol. The molecule has 1 amide bonds. The highest BCUT2D eigenvalue weighted by Gasteiger charge is 2.23. The molecular formula is C22H23N3O6. The van der Waals surface area contributed by atoms with E-state index in [0.29, 0.717) is 11.1 Å². The van der Waals surface area contributed by atoms with Crippen LogP contribution >= 0.6 is 0 Å². The van der Waals surface area contributed by atoms with Crippen molar-refractivity contribution in [1.82, 2.24) is 15.1 Å². The highest BCUT2D eigenvalue weighted by atomic mass is 16.5. The summed E-state index contributed by atoms with van der Waals surface area (Å²) in [4.78, 5) is 37.7. The zero-order chi connectivity index (χ0) is 22.4. The van der Waals surface area contributed by atoms with Crippen molar-refractivity contribution in [2.45, 2.75) is 19.0 Å². The average Bonchev–Trinajstić information content (AvgIpc) is 2.79. The van der Waals surface area contributed by atoms with Crippen LogP contribution in [0.5, 0.6) is 11.5 Å². The van der Waals surface area contributed by atoms with Crippen molar-refractivity contribution < 1.29 is 23.8 Å². The van der Waals surface area contributed by atoms with Crippen molar-refractivity contribution in [2.75, 3.05) is 21.3 Å². The molecule has 9 heteroatoms. The molecule has 1 heterocycles. The number of ether oxygens (including phenoxy) is 3. The summed E-state index contributed by atoms with van der Waals surface area (Å²) < 4.78 is 16.4. The lowest BCUT2D eigenvalue weighted by atomic mass is 10.1. The molecule has 1 N–H and O–H groups in total. The molecular weight excluding hydrogens is 402 g/mol. The minimum Gasteiger partial charge on any atom is -0.493 e. The zero-order valence-electron chi connectivity index (χ0n) is 17.5. The van der Waals surface area contributed by atoms with E-state index in [-0.39, 0.29) is 24.1 Å². The van der Waals surface area contributed by atoms with Gasteiger partial charge in [0.15, 0.2) is 11.5 Å². The van der Waals surface area contributed by atoms with Crippen molar-refractivity contribution in [2.24, 2.45) is 0 Å². The van der Waals surface area contributed by atoms with Gasteiger partial charge in [0.05, 0.1) is 32.9 Å². The van der Waals surface area contributed by atoms with E-state index in [2.05, 4.69) is 10.4 Å². The second-order valence-electron chi connectivity index (χ2n) is 6.71. The summed E-state index contributed by atoms with van der Waals surface area (Å²) in [6.45, 7) is -0.378. The molecule has 31 heavy (non-hydrogen) atoms. The maximum absolute atomic E-state index is 13.0. The number of aromatic nitrogens is 2. The second-order valence-corrected chi connectivity index (χ2v) is 6.71. The van der Waals surface area contributed by atoms with Gasteiger partial charge in [-0.25, -0.2) is 9.48 Å². The molecule has 0 saturated heterocycles. The van der Waals surface area contributed by atoms with Crippen LogP contribution in [0.3, 0.4) is 0 Å². The highest BCUT2D eigenvalue weighted by Crippen LogP contribution is 2.32. The van der Waals surface area contributed by atoms with Crippen LogP contribution in [0.25, 0.3) is 10.8 Å². The number of esters is 1. The third-order valence-corrected chi connectivity index (χ3v) is 4.76. The van der Waals surface area contributed by atoms with Crippen molar-refractivity contribution in [3.63, 3.8) is 0 Å². The Balaban J connectivity index is 1.85. The number of nitrogens with one attached hydrogen (secondary N) is 1. The van der Waals surface area contributed by atoms with Crippen LogP contribution < -0.4 is 20.3 Å². The standard InChI is InChI=1S/C22H23N3O6/c1-29-17-10-9-15-12-23-25(21(27)19(15)20(17)30-2)13-18(26)24-16(22(28)31-3)11-14-7-5-4-6-8-14/h4-10,12,16H,11,13H2,1-3H3,(H,24,26). The molecule has 0 saturated carbocycles. The molecule has 0 aliphatic rings. The number of hydrogen-bond donors (Lipinski definition) is 1. The Morgan fingerprint density at radius 1 is 1.06 bits per heavy atom. The van der Waals surface area contributed by atoms with Crippen LogP contribution in [0.2, 0.25) is 0 Å². The molecule has 1 aromatic heterocycles. The number of amides is 1. The lowest BCUT2D eigenvalue weighted by Crippen LogP contribution is -2.45. The Bertz CT molecular complexity index is 1140. The van der Waals surface area contributed by atoms with E-state index in [1.54, 1.807) is 12.1 Å². The van der Waals surface area contributed by atoms with Gasteiger partial charge in [-0.1, -0.05) is 30.3 Å². The molecule has 1 unspecified atom stereocenters. The average molecular weight is 425 g/mol. The molecule has 2 aromatic carbocycles. The van der Waals surface area contributed by atoms with Crippen molar-refractivity contribution in [1.29, 1.82) is 0 Å². The summed E-state index contributed by atoms with van der Waals surface area (Å²) in [7, 11) is 4.15. The first-order valence-corrected chi connectivity index (χ1v) is 9.50. The Morgan fingerprint density at radius 2 is 1.81 bits per heavy atom. The third-order valence-electron chi connectivity index (χ3n) is 4.76. The number of hydrogen-bond acceptors (Lipinski definition) is 7. The Kier molecular flexibility index (Phi) is 6.86. The van der Waals surface area contributed by atoms with Gasteiger partial charge in [-0.2, -0.15) is 5.10 Å². The lowest BCUT2D eigenvalue weighted by Gasteiger charge is -2.17.